The van der Waals surface area contributed by atoms with E-state index in [4.69, 9.17) is 0 Å². The molecule has 1 fully saturated rings. The Kier molecular flexibility index (Phi) is 5.90. The van der Waals surface area contributed by atoms with Crippen molar-refractivity contribution < 1.29 is 4.79 Å². The number of nitrogens with one attached hydrogen (secondary N) is 2. The summed E-state index contributed by atoms with van der Waals surface area (Å²) in [6.07, 6.45) is 7.06. The van der Waals surface area contributed by atoms with Crippen LogP contribution in [0.3, 0.4) is 0 Å². The Bertz CT molecular complexity index is 1040. The number of fused-ring (bicyclic) bond motifs is 1. The lowest BCUT2D eigenvalue weighted by Gasteiger charge is -2.27. The largest absolute Gasteiger partial charge is 0.367 e. The van der Waals surface area contributed by atoms with E-state index in [1.165, 1.54) is 0 Å². The van der Waals surface area contributed by atoms with Crippen LogP contribution in [0.4, 0.5) is 11.6 Å². The predicted molar refractivity (Wildman–Crippen MR) is 120 cm³/mol. The summed E-state index contributed by atoms with van der Waals surface area (Å²) in [5, 5.41) is 8.30. The number of anilines is 2. The first-order valence-corrected chi connectivity index (χ1v) is 10.5. The Morgan fingerprint density at radius 1 is 1.07 bits per heavy atom. The molecule has 156 valence electrons. The monoisotopic (exact) mass is 404 g/mol. The van der Waals surface area contributed by atoms with Crippen LogP contribution in [0.1, 0.15) is 26.7 Å². The van der Waals surface area contributed by atoms with Gasteiger partial charge in [0.05, 0.1) is 18.1 Å². The molecule has 7 heteroatoms. The first-order chi connectivity index (χ1) is 14.5. The van der Waals surface area contributed by atoms with Gasteiger partial charge in [-0.25, -0.2) is 9.97 Å². The average molecular weight is 405 g/mol. The molecule has 0 spiro atoms. The van der Waals surface area contributed by atoms with Crippen LogP contribution in [-0.4, -0.2) is 51.9 Å². The van der Waals surface area contributed by atoms with Crippen LogP contribution in [-0.2, 0) is 4.79 Å². The molecule has 3 aromatic rings. The van der Waals surface area contributed by atoms with E-state index >= 15 is 0 Å². The summed E-state index contributed by atoms with van der Waals surface area (Å²) in [5.74, 6) is 1.45. The zero-order valence-corrected chi connectivity index (χ0v) is 17.7. The summed E-state index contributed by atoms with van der Waals surface area (Å²) < 4.78 is 0. The van der Waals surface area contributed by atoms with Crippen LogP contribution in [0, 0.1) is 5.92 Å². The molecule has 4 rings (SSSR count). The molecule has 0 radical (unpaired) electrons. The smallest absolute Gasteiger partial charge is 0.228 e. The molecule has 0 bridgehead atoms. The highest BCUT2D eigenvalue weighted by molar-refractivity contribution is 5.95. The number of hydrogen-bond donors (Lipinski definition) is 2. The number of carbonyl (C=O) groups excluding carboxylic acids is 1. The molecule has 1 aromatic carbocycles. The van der Waals surface area contributed by atoms with Gasteiger partial charge in [-0.15, -0.1) is 0 Å². The predicted octanol–water partition coefficient (Wildman–Crippen LogP) is 3.79. The molecule has 1 amide bonds. The van der Waals surface area contributed by atoms with Gasteiger partial charge in [-0.05, 0) is 64.3 Å². The van der Waals surface area contributed by atoms with Gasteiger partial charge in [-0.3, -0.25) is 9.78 Å². The number of piperidine rings is 1. The third-order valence-corrected chi connectivity index (χ3v) is 5.43. The van der Waals surface area contributed by atoms with Crippen LogP contribution in [0.15, 0.2) is 42.9 Å². The third-order valence-electron chi connectivity index (χ3n) is 5.43. The molecule has 0 saturated carbocycles. The van der Waals surface area contributed by atoms with Gasteiger partial charge in [0.1, 0.15) is 11.6 Å². The van der Waals surface area contributed by atoms with E-state index in [0.29, 0.717) is 5.82 Å². The van der Waals surface area contributed by atoms with Crippen LogP contribution in [0.2, 0.25) is 0 Å². The van der Waals surface area contributed by atoms with Crippen molar-refractivity contribution in [3.63, 3.8) is 0 Å². The summed E-state index contributed by atoms with van der Waals surface area (Å²) in [5.41, 5.74) is 1.78. The Labute approximate surface area is 176 Å². The fraction of sp³-hybridized carbons (Fsp3) is 0.391. The van der Waals surface area contributed by atoms with E-state index in [9.17, 15) is 4.79 Å². The van der Waals surface area contributed by atoms with Gasteiger partial charge < -0.3 is 15.5 Å². The number of aromatic nitrogens is 3. The van der Waals surface area contributed by atoms with Gasteiger partial charge in [-0.1, -0.05) is 12.1 Å². The Morgan fingerprint density at radius 3 is 2.63 bits per heavy atom. The molecular weight excluding hydrogens is 376 g/mol. The van der Waals surface area contributed by atoms with E-state index in [-0.39, 0.29) is 17.9 Å². The average Bonchev–Trinajstić information content (AvgIpc) is 2.73. The lowest BCUT2D eigenvalue weighted by Crippen LogP contribution is -2.36. The second-order valence-corrected chi connectivity index (χ2v) is 8.29. The summed E-state index contributed by atoms with van der Waals surface area (Å²) >= 11 is 0. The van der Waals surface area contributed by atoms with Gasteiger partial charge in [0.25, 0.3) is 0 Å². The molecule has 1 saturated heterocycles. The summed E-state index contributed by atoms with van der Waals surface area (Å²) in [4.78, 5) is 28.3. The number of likely N-dealkylation sites (tertiary alicyclic amines) is 1. The number of carbonyl (C=O) groups is 1. The van der Waals surface area contributed by atoms with Crippen molar-refractivity contribution in [2.45, 2.75) is 32.7 Å². The fourth-order valence-corrected chi connectivity index (χ4v) is 3.74. The Hall–Kier alpha value is -3.06. The van der Waals surface area contributed by atoms with Gasteiger partial charge in [0.2, 0.25) is 5.91 Å². The van der Waals surface area contributed by atoms with Crippen molar-refractivity contribution in [1.82, 2.24) is 19.9 Å². The van der Waals surface area contributed by atoms with Crippen molar-refractivity contribution in [1.29, 1.82) is 0 Å². The van der Waals surface area contributed by atoms with E-state index in [1.54, 1.807) is 18.6 Å². The number of amides is 1. The Morgan fingerprint density at radius 2 is 1.87 bits per heavy atom. The Balaban J connectivity index is 1.55. The van der Waals surface area contributed by atoms with E-state index in [0.717, 1.165) is 53.8 Å². The maximum atomic E-state index is 12.6. The fourth-order valence-electron chi connectivity index (χ4n) is 3.74. The third kappa shape index (κ3) is 4.74. The molecular formula is C23H28N6O. The van der Waals surface area contributed by atoms with E-state index < -0.39 is 0 Å². The van der Waals surface area contributed by atoms with Crippen molar-refractivity contribution in [2.24, 2.45) is 5.92 Å². The summed E-state index contributed by atoms with van der Waals surface area (Å²) in [6, 6.07) is 8.31. The van der Waals surface area contributed by atoms with Gasteiger partial charge in [0, 0.05) is 29.1 Å². The number of pyridine rings is 1. The van der Waals surface area contributed by atoms with Crippen LogP contribution in [0.25, 0.3) is 22.0 Å². The minimum absolute atomic E-state index is 0.0523. The molecule has 7 nitrogen and oxygen atoms in total. The SMILES string of the molecule is CC(C)Nc1cncc(-c2ccc3cnc(NC(=O)C4CCN(C)CC4)cc3c2)n1. The van der Waals surface area contributed by atoms with E-state index in [2.05, 4.69) is 57.4 Å². The topological polar surface area (TPSA) is 83.0 Å². The van der Waals surface area contributed by atoms with Crippen molar-refractivity contribution in [3.05, 3.63) is 42.9 Å². The van der Waals surface area contributed by atoms with E-state index in [1.807, 2.05) is 18.2 Å². The van der Waals surface area contributed by atoms with Gasteiger partial charge in [-0.2, -0.15) is 0 Å². The minimum atomic E-state index is 0.0523. The van der Waals surface area contributed by atoms with Crippen molar-refractivity contribution in [2.75, 3.05) is 30.8 Å². The normalized spacial score (nSPS) is 15.5. The lowest BCUT2D eigenvalue weighted by molar-refractivity contribution is -0.121. The first-order valence-electron chi connectivity index (χ1n) is 10.5. The molecule has 0 aliphatic carbocycles. The number of rotatable bonds is 5. The molecule has 3 heterocycles. The van der Waals surface area contributed by atoms with Gasteiger partial charge in [0.15, 0.2) is 0 Å². The maximum absolute atomic E-state index is 12.6. The summed E-state index contributed by atoms with van der Waals surface area (Å²) in [7, 11) is 2.09. The molecule has 2 aromatic heterocycles. The molecule has 30 heavy (non-hydrogen) atoms. The quantitative estimate of drug-likeness (QED) is 0.673. The summed E-state index contributed by atoms with van der Waals surface area (Å²) in [6.45, 7) is 6.05. The van der Waals surface area contributed by atoms with Crippen molar-refractivity contribution in [3.8, 4) is 11.3 Å². The van der Waals surface area contributed by atoms with Crippen LogP contribution < -0.4 is 10.6 Å². The molecule has 0 atom stereocenters. The maximum Gasteiger partial charge on any atom is 0.228 e. The number of nitrogens with zero attached hydrogens (tertiary/aromatic N) is 4. The van der Waals surface area contributed by atoms with Crippen molar-refractivity contribution >= 4 is 28.3 Å². The highest BCUT2D eigenvalue weighted by Crippen LogP contribution is 2.25. The highest BCUT2D eigenvalue weighted by atomic mass is 16.1. The molecule has 0 unspecified atom stereocenters. The molecule has 1 aliphatic heterocycles. The highest BCUT2D eigenvalue weighted by Gasteiger charge is 2.23. The molecule has 2 N–H and O–H groups in total. The molecule has 1 aliphatic rings. The lowest BCUT2D eigenvalue weighted by atomic mass is 9.96. The van der Waals surface area contributed by atoms with Crippen LogP contribution in [0.5, 0.6) is 0 Å². The second-order valence-electron chi connectivity index (χ2n) is 8.29. The second kappa shape index (κ2) is 8.75. The minimum Gasteiger partial charge on any atom is -0.367 e. The van der Waals surface area contributed by atoms with Gasteiger partial charge >= 0.3 is 0 Å². The standard InChI is InChI=1S/C23H28N6O/c1-15(2)26-22-14-24-13-20(27-22)17-4-5-18-12-25-21(11-19(18)10-17)28-23(30)16-6-8-29(3)9-7-16/h4-5,10-16H,6-9H2,1-3H3,(H,26,27)(H,25,28,30). The first kappa shape index (κ1) is 20.2. The zero-order valence-electron chi connectivity index (χ0n) is 17.7. The number of hydrogen-bond acceptors (Lipinski definition) is 6. The number of benzene rings is 1. The van der Waals surface area contributed by atoms with Crippen LogP contribution >= 0.6 is 0 Å². The zero-order chi connectivity index (χ0) is 21.1.